The van der Waals surface area contributed by atoms with E-state index in [-0.39, 0.29) is 12.7 Å². The lowest BCUT2D eigenvalue weighted by Crippen LogP contribution is -2.26. The van der Waals surface area contributed by atoms with Gasteiger partial charge in [0.1, 0.15) is 0 Å². The Kier molecular flexibility index (Phi) is 4.12. The van der Waals surface area contributed by atoms with Crippen molar-refractivity contribution in [2.24, 2.45) is 5.92 Å². The van der Waals surface area contributed by atoms with Gasteiger partial charge in [-0.1, -0.05) is 0 Å². The monoisotopic (exact) mass is 340 g/mol. The average molecular weight is 341 g/mol. The van der Waals surface area contributed by atoms with Crippen molar-refractivity contribution >= 4 is 21.8 Å². The second-order valence-corrected chi connectivity index (χ2v) is 5.95. The lowest BCUT2D eigenvalue weighted by atomic mass is 10.1. The van der Waals surface area contributed by atoms with Gasteiger partial charge in [-0.05, 0) is 59.9 Å². The third-order valence-corrected chi connectivity index (χ3v) is 4.28. The Balaban J connectivity index is 1.58. The smallest absolute Gasteiger partial charge is 0.251 e. The fourth-order valence-electron chi connectivity index (χ4n) is 2.55. The van der Waals surface area contributed by atoms with E-state index in [9.17, 15) is 4.79 Å². The van der Waals surface area contributed by atoms with Crippen molar-refractivity contribution in [2.45, 2.75) is 12.8 Å². The zero-order valence-electron chi connectivity index (χ0n) is 11.1. The van der Waals surface area contributed by atoms with Crippen molar-refractivity contribution in [1.29, 1.82) is 0 Å². The van der Waals surface area contributed by atoms with Gasteiger partial charge in [0.15, 0.2) is 11.5 Å². The number of carbonyl (C=O) groups excluding carboxylic acids is 1. The first kappa shape index (κ1) is 13.7. The van der Waals surface area contributed by atoms with Gasteiger partial charge in [0, 0.05) is 12.1 Å². The first-order chi connectivity index (χ1) is 9.74. The lowest BCUT2D eigenvalue weighted by molar-refractivity contribution is 0.0951. The van der Waals surface area contributed by atoms with E-state index in [2.05, 4.69) is 26.6 Å². The summed E-state index contributed by atoms with van der Waals surface area (Å²) in [6, 6.07) is 3.49. The van der Waals surface area contributed by atoms with Gasteiger partial charge >= 0.3 is 0 Å². The van der Waals surface area contributed by atoms with Gasteiger partial charge in [-0.15, -0.1) is 0 Å². The molecule has 1 atom stereocenters. The van der Waals surface area contributed by atoms with Crippen LogP contribution in [0, 0.1) is 5.92 Å². The van der Waals surface area contributed by atoms with E-state index >= 15 is 0 Å². The maximum Gasteiger partial charge on any atom is 0.251 e. The molecule has 108 valence electrons. The van der Waals surface area contributed by atoms with Crippen LogP contribution < -0.4 is 20.1 Å². The summed E-state index contributed by atoms with van der Waals surface area (Å²) in [6.07, 6.45) is 2.22. The number of hydrogen-bond donors (Lipinski definition) is 2. The van der Waals surface area contributed by atoms with Crippen LogP contribution in [0.4, 0.5) is 0 Å². The molecular formula is C14H17BrN2O3. The maximum absolute atomic E-state index is 12.1. The predicted octanol–water partition coefficient (Wildman–Crippen LogP) is 1.91. The van der Waals surface area contributed by atoms with Gasteiger partial charge < -0.3 is 20.1 Å². The third-order valence-electron chi connectivity index (χ3n) is 3.69. The highest BCUT2D eigenvalue weighted by molar-refractivity contribution is 9.10. The van der Waals surface area contributed by atoms with E-state index in [1.54, 1.807) is 12.1 Å². The van der Waals surface area contributed by atoms with Crippen molar-refractivity contribution < 1.29 is 14.3 Å². The quantitative estimate of drug-likeness (QED) is 0.878. The molecule has 1 unspecified atom stereocenters. The standard InChI is InChI=1S/C14H17BrN2O3/c15-11-5-10(6-12-13(11)20-8-19-12)14(18)17-4-2-9-1-3-16-7-9/h5-6,9,16H,1-4,7-8H2,(H,17,18). The van der Waals surface area contributed by atoms with E-state index in [4.69, 9.17) is 9.47 Å². The number of fused-ring (bicyclic) bond motifs is 1. The van der Waals surface area contributed by atoms with Gasteiger partial charge in [-0.3, -0.25) is 4.79 Å². The predicted molar refractivity (Wildman–Crippen MR) is 78.2 cm³/mol. The summed E-state index contributed by atoms with van der Waals surface area (Å²) in [5.41, 5.74) is 0.589. The van der Waals surface area contributed by atoms with Gasteiger partial charge in [0.05, 0.1) is 4.47 Å². The molecule has 1 amide bonds. The fraction of sp³-hybridized carbons (Fsp3) is 0.500. The number of rotatable bonds is 4. The number of carbonyl (C=O) groups is 1. The minimum atomic E-state index is -0.0741. The summed E-state index contributed by atoms with van der Waals surface area (Å²) >= 11 is 3.40. The summed E-state index contributed by atoms with van der Waals surface area (Å²) in [4.78, 5) is 12.1. The molecule has 1 aromatic rings. The van der Waals surface area contributed by atoms with Crippen LogP contribution in [-0.2, 0) is 0 Å². The first-order valence-corrected chi connectivity index (χ1v) is 7.61. The third kappa shape index (κ3) is 2.91. The number of nitrogens with one attached hydrogen (secondary N) is 2. The average Bonchev–Trinajstić information content (AvgIpc) is 3.08. The molecule has 0 saturated carbocycles. The highest BCUT2D eigenvalue weighted by atomic mass is 79.9. The molecule has 20 heavy (non-hydrogen) atoms. The van der Waals surface area contributed by atoms with Gasteiger partial charge in [0.2, 0.25) is 6.79 Å². The molecule has 1 saturated heterocycles. The fourth-order valence-corrected chi connectivity index (χ4v) is 3.11. The van der Waals surface area contributed by atoms with E-state index < -0.39 is 0 Å². The molecule has 2 heterocycles. The Labute approximate surface area is 126 Å². The molecule has 6 heteroatoms. The molecule has 0 bridgehead atoms. The van der Waals surface area contributed by atoms with Crippen LogP contribution in [0.1, 0.15) is 23.2 Å². The highest BCUT2D eigenvalue weighted by Crippen LogP contribution is 2.39. The first-order valence-electron chi connectivity index (χ1n) is 6.82. The molecule has 1 aromatic carbocycles. The zero-order chi connectivity index (χ0) is 13.9. The van der Waals surface area contributed by atoms with Crippen LogP contribution in [0.25, 0.3) is 0 Å². The van der Waals surface area contributed by atoms with Crippen molar-refractivity contribution in [3.8, 4) is 11.5 Å². The second-order valence-electron chi connectivity index (χ2n) is 5.10. The van der Waals surface area contributed by atoms with Crippen LogP contribution in [0.2, 0.25) is 0 Å². The van der Waals surface area contributed by atoms with Crippen LogP contribution in [0.3, 0.4) is 0 Å². The van der Waals surface area contributed by atoms with E-state index in [1.807, 2.05) is 0 Å². The highest BCUT2D eigenvalue weighted by Gasteiger charge is 2.20. The van der Waals surface area contributed by atoms with Crippen LogP contribution >= 0.6 is 15.9 Å². The Morgan fingerprint density at radius 2 is 2.35 bits per heavy atom. The lowest BCUT2D eigenvalue weighted by Gasteiger charge is -2.10. The Morgan fingerprint density at radius 1 is 1.45 bits per heavy atom. The summed E-state index contributed by atoms with van der Waals surface area (Å²) in [7, 11) is 0. The van der Waals surface area contributed by atoms with Gasteiger partial charge in [-0.25, -0.2) is 0 Å². The summed E-state index contributed by atoms with van der Waals surface area (Å²) in [6.45, 7) is 3.06. The topological polar surface area (TPSA) is 59.6 Å². The number of benzene rings is 1. The maximum atomic E-state index is 12.1. The number of halogens is 1. The minimum Gasteiger partial charge on any atom is -0.454 e. The van der Waals surface area contributed by atoms with E-state index in [1.165, 1.54) is 6.42 Å². The molecule has 2 aliphatic rings. The van der Waals surface area contributed by atoms with Gasteiger partial charge in [-0.2, -0.15) is 0 Å². The largest absolute Gasteiger partial charge is 0.454 e. The molecule has 2 aliphatic heterocycles. The van der Waals surface area contributed by atoms with Gasteiger partial charge in [0.25, 0.3) is 5.91 Å². The molecule has 1 fully saturated rings. The Morgan fingerprint density at radius 3 is 3.15 bits per heavy atom. The second kappa shape index (κ2) is 6.01. The normalized spacial score (nSPS) is 20.1. The summed E-state index contributed by atoms with van der Waals surface area (Å²) in [5, 5.41) is 6.29. The Bertz CT molecular complexity index is 515. The van der Waals surface area contributed by atoms with Crippen molar-refractivity contribution in [3.05, 3.63) is 22.2 Å². The van der Waals surface area contributed by atoms with E-state index in [0.717, 1.165) is 24.0 Å². The number of ether oxygens (including phenoxy) is 2. The Hall–Kier alpha value is -1.27. The number of hydrogen-bond acceptors (Lipinski definition) is 4. The zero-order valence-corrected chi connectivity index (χ0v) is 12.7. The SMILES string of the molecule is O=C(NCCC1CCNC1)c1cc(Br)c2c(c1)OCO2. The molecule has 0 spiro atoms. The molecular weight excluding hydrogens is 324 g/mol. The van der Waals surface area contributed by atoms with Crippen molar-refractivity contribution in [1.82, 2.24) is 10.6 Å². The molecule has 2 N–H and O–H groups in total. The van der Waals surface area contributed by atoms with Crippen molar-refractivity contribution in [2.75, 3.05) is 26.4 Å². The molecule has 0 aliphatic carbocycles. The van der Waals surface area contributed by atoms with Crippen LogP contribution in [0.5, 0.6) is 11.5 Å². The van der Waals surface area contributed by atoms with Crippen LogP contribution in [0.15, 0.2) is 16.6 Å². The number of amides is 1. The minimum absolute atomic E-state index is 0.0741. The summed E-state index contributed by atoms with van der Waals surface area (Å²) < 4.78 is 11.4. The molecule has 0 aromatic heterocycles. The molecule has 0 radical (unpaired) electrons. The molecule has 3 rings (SSSR count). The molecule has 5 nitrogen and oxygen atoms in total. The van der Waals surface area contributed by atoms with E-state index in [0.29, 0.717) is 29.5 Å². The van der Waals surface area contributed by atoms with Crippen molar-refractivity contribution in [3.63, 3.8) is 0 Å². The summed E-state index contributed by atoms with van der Waals surface area (Å²) in [5.74, 6) is 1.89. The van der Waals surface area contributed by atoms with Crippen LogP contribution in [-0.4, -0.2) is 32.3 Å².